The lowest BCUT2D eigenvalue weighted by atomic mass is 10.2. The van der Waals surface area contributed by atoms with Gasteiger partial charge in [0, 0.05) is 19.3 Å². The molecular formula is C11H14ClFN2. The van der Waals surface area contributed by atoms with Gasteiger partial charge in [-0.1, -0.05) is 24.4 Å². The van der Waals surface area contributed by atoms with Crippen LogP contribution in [0.4, 0.5) is 10.2 Å². The molecule has 0 amide bonds. The highest BCUT2D eigenvalue weighted by Gasteiger charge is 2.22. The summed E-state index contributed by atoms with van der Waals surface area (Å²) in [4.78, 5) is 5.97. The van der Waals surface area contributed by atoms with Crippen LogP contribution in [-0.4, -0.2) is 18.1 Å². The third-order valence-electron chi connectivity index (χ3n) is 2.99. The standard InChI is InChI=1S/C11H14ClFN2/c1-15(9-4-2-3-5-9)11-10(13)6-8(12)7-14-11/h6-7,9H,2-5H2,1H3. The minimum atomic E-state index is -0.336. The quantitative estimate of drug-likeness (QED) is 0.773. The van der Waals surface area contributed by atoms with Gasteiger partial charge in [-0.15, -0.1) is 0 Å². The van der Waals surface area contributed by atoms with E-state index < -0.39 is 0 Å². The normalized spacial score (nSPS) is 17.0. The first-order valence-corrected chi connectivity index (χ1v) is 5.60. The fraction of sp³-hybridized carbons (Fsp3) is 0.545. The molecule has 1 saturated carbocycles. The van der Waals surface area contributed by atoms with Gasteiger partial charge in [0.25, 0.3) is 0 Å². The summed E-state index contributed by atoms with van der Waals surface area (Å²) < 4.78 is 13.6. The Balaban J connectivity index is 2.20. The first-order valence-electron chi connectivity index (χ1n) is 5.22. The molecule has 82 valence electrons. The van der Waals surface area contributed by atoms with Crippen molar-refractivity contribution in [3.05, 3.63) is 23.1 Å². The number of nitrogens with zero attached hydrogens (tertiary/aromatic N) is 2. The fourth-order valence-electron chi connectivity index (χ4n) is 2.13. The Hall–Kier alpha value is -0.830. The lowest BCUT2D eigenvalue weighted by Crippen LogP contribution is -2.30. The lowest BCUT2D eigenvalue weighted by molar-refractivity contribution is 0.586. The fourth-order valence-corrected chi connectivity index (χ4v) is 2.28. The largest absolute Gasteiger partial charge is 0.354 e. The second kappa shape index (κ2) is 4.35. The predicted molar refractivity (Wildman–Crippen MR) is 59.9 cm³/mol. The van der Waals surface area contributed by atoms with Gasteiger partial charge in [0.2, 0.25) is 0 Å². The molecule has 0 spiro atoms. The summed E-state index contributed by atoms with van der Waals surface area (Å²) >= 11 is 5.66. The molecule has 0 N–H and O–H groups in total. The second-order valence-corrected chi connectivity index (χ2v) is 4.44. The van der Waals surface area contributed by atoms with Crippen molar-refractivity contribution < 1.29 is 4.39 Å². The molecule has 15 heavy (non-hydrogen) atoms. The smallest absolute Gasteiger partial charge is 0.167 e. The lowest BCUT2D eigenvalue weighted by Gasteiger charge is -2.25. The van der Waals surface area contributed by atoms with E-state index in [2.05, 4.69) is 4.98 Å². The number of anilines is 1. The molecule has 1 fully saturated rings. The molecule has 0 radical (unpaired) electrons. The van der Waals surface area contributed by atoms with Gasteiger partial charge in [0.1, 0.15) is 0 Å². The summed E-state index contributed by atoms with van der Waals surface area (Å²) in [5.74, 6) is 0.0724. The zero-order valence-electron chi connectivity index (χ0n) is 8.71. The van der Waals surface area contributed by atoms with Crippen LogP contribution < -0.4 is 4.90 Å². The van der Waals surface area contributed by atoms with Crippen LogP contribution in [0.3, 0.4) is 0 Å². The van der Waals surface area contributed by atoms with Crippen molar-refractivity contribution in [2.24, 2.45) is 0 Å². The molecule has 4 heteroatoms. The van der Waals surface area contributed by atoms with Gasteiger partial charge in [-0.2, -0.15) is 0 Å². The van der Waals surface area contributed by atoms with E-state index in [0.29, 0.717) is 16.9 Å². The van der Waals surface area contributed by atoms with E-state index >= 15 is 0 Å². The van der Waals surface area contributed by atoms with Crippen LogP contribution in [0.2, 0.25) is 5.02 Å². The van der Waals surface area contributed by atoms with E-state index in [1.807, 2.05) is 11.9 Å². The monoisotopic (exact) mass is 228 g/mol. The van der Waals surface area contributed by atoms with Crippen LogP contribution in [0.5, 0.6) is 0 Å². The Morgan fingerprint density at radius 3 is 2.73 bits per heavy atom. The van der Waals surface area contributed by atoms with Gasteiger partial charge in [-0.3, -0.25) is 0 Å². The maximum absolute atomic E-state index is 13.6. The first-order chi connectivity index (χ1) is 7.18. The average Bonchev–Trinajstić information content (AvgIpc) is 2.69. The van der Waals surface area contributed by atoms with Crippen LogP contribution in [0.1, 0.15) is 25.7 Å². The van der Waals surface area contributed by atoms with Crippen LogP contribution >= 0.6 is 11.6 Å². The third-order valence-corrected chi connectivity index (χ3v) is 3.20. The van der Waals surface area contributed by atoms with Gasteiger partial charge < -0.3 is 4.90 Å². The molecule has 1 heterocycles. The molecule has 2 nitrogen and oxygen atoms in total. The summed E-state index contributed by atoms with van der Waals surface area (Å²) in [5, 5.41) is 0.344. The van der Waals surface area contributed by atoms with Gasteiger partial charge in [-0.25, -0.2) is 9.37 Å². The summed E-state index contributed by atoms with van der Waals surface area (Å²) in [7, 11) is 1.90. The zero-order chi connectivity index (χ0) is 10.8. The summed E-state index contributed by atoms with van der Waals surface area (Å²) in [5.41, 5.74) is 0. The van der Waals surface area contributed by atoms with Crippen LogP contribution in [0, 0.1) is 5.82 Å². The first kappa shape index (κ1) is 10.7. The van der Waals surface area contributed by atoms with E-state index in [-0.39, 0.29) is 5.82 Å². The van der Waals surface area contributed by atoms with E-state index in [4.69, 9.17) is 11.6 Å². The van der Waals surface area contributed by atoms with Gasteiger partial charge in [-0.05, 0) is 18.9 Å². The van der Waals surface area contributed by atoms with E-state index in [9.17, 15) is 4.39 Å². The molecule has 1 aliphatic rings. The Kier molecular flexibility index (Phi) is 3.10. The molecule has 1 aromatic heterocycles. The van der Waals surface area contributed by atoms with Gasteiger partial charge >= 0.3 is 0 Å². The second-order valence-electron chi connectivity index (χ2n) is 4.01. The highest BCUT2D eigenvalue weighted by Crippen LogP contribution is 2.27. The molecular weight excluding hydrogens is 215 g/mol. The summed E-state index contributed by atoms with van der Waals surface area (Å²) in [6.07, 6.45) is 6.19. The number of pyridine rings is 1. The van der Waals surface area contributed by atoms with Gasteiger partial charge in [0.05, 0.1) is 5.02 Å². The molecule has 0 aromatic carbocycles. The van der Waals surface area contributed by atoms with Crippen molar-refractivity contribution in [2.75, 3.05) is 11.9 Å². The van der Waals surface area contributed by atoms with Crippen molar-refractivity contribution in [1.29, 1.82) is 0 Å². The van der Waals surface area contributed by atoms with Crippen molar-refractivity contribution in [3.8, 4) is 0 Å². The summed E-state index contributed by atoms with van der Waals surface area (Å²) in [6, 6.07) is 1.74. The van der Waals surface area contributed by atoms with E-state index in [1.165, 1.54) is 25.1 Å². The maximum Gasteiger partial charge on any atom is 0.167 e. The number of hydrogen-bond acceptors (Lipinski definition) is 2. The Morgan fingerprint density at radius 1 is 1.47 bits per heavy atom. The Bertz CT molecular complexity index is 350. The number of aromatic nitrogens is 1. The topological polar surface area (TPSA) is 16.1 Å². The van der Waals surface area contributed by atoms with E-state index in [1.54, 1.807) is 0 Å². The molecule has 0 bridgehead atoms. The van der Waals surface area contributed by atoms with E-state index in [0.717, 1.165) is 12.8 Å². The minimum absolute atomic E-state index is 0.336. The highest BCUT2D eigenvalue weighted by molar-refractivity contribution is 6.30. The average molecular weight is 229 g/mol. The number of rotatable bonds is 2. The summed E-state index contributed by atoms with van der Waals surface area (Å²) in [6.45, 7) is 0. The van der Waals surface area contributed by atoms with Crippen molar-refractivity contribution in [3.63, 3.8) is 0 Å². The number of halogens is 2. The maximum atomic E-state index is 13.6. The van der Waals surface area contributed by atoms with Crippen LogP contribution in [0.25, 0.3) is 0 Å². The molecule has 2 rings (SSSR count). The zero-order valence-corrected chi connectivity index (χ0v) is 9.47. The SMILES string of the molecule is CN(c1ncc(Cl)cc1F)C1CCCC1. The Morgan fingerprint density at radius 2 is 2.13 bits per heavy atom. The van der Waals surface area contributed by atoms with Crippen molar-refractivity contribution >= 4 is 17.4 Å². The molecule has 1 aliphatic carbocycles. The molecule has 0 atom stereocenters. The molecule has 0 aliphatic heterocycles. The van der Waals surface area contributed by atoms with Crippen LogP contribution in [-0.2, 0) is 0 Å². The van der Waals surface area contributed by atoms with Crippen molar-refractivity contribution in [2.45, 2.75) is 31.7 Å². The predicted octanol–water partition coefficient (Wildman–Crippen LogP) is 3.25. The third kappa shape index (κ3) is 2.23. The van der Waals surface area contributed by atoms with Gasteiger partial charge in [0.15, 0.2) is 11.6 Å². The highest BCUT2D eigenvalue weighted by atomic mass is 35.5. The number of hydrogen-bond donors (Lipinski definition) is 0. The molecule has 1 aromatic rings. The van der Waals surface area contributed by atoms with Crippen LogP contribution in [0.15, 0.2) is 12.3 Å². The van der Waals surface area contributed by atoms with Crippen molar-refractivity contribution in [1.82, 2.24) is 4.98 Å². The molecule has 0 unspecified atom stereocenters. The minimum Gasteiger partial charge on any atom is -0.354 e. The Labute approximate surface area is 94.1 Å². The molecule has 0 saturated heterocycles.